The van der Waals surface area contributed by atoms with E-state index in [9.17, 15) is 4.79 Å². The summed E-state index contributed by atoms with van der Waals surface area (Å²) in [4.78, 5) is 16.0. The molecule has 1 aliphatic heterocycles. The van der Waals surface area contributed by atoms with Gasteiger partial charge in [-0.15, -0.1) is 11.3 Å². The molecule has 1 aromatic carbocycles. The predicted molar refractivity (Wildman–Crippen MR) is 105 cm³/mol. The van der Waals surface area contributed by atoms with Crippen LogP contribution in [0.15, 0.2) is 30.0 Å². The smallest absolute Gasteiger partial charge is 0.220 e. The van der Waals surface area contributed by atoms with Gasteiger partial charge in [-0.25, -0.2) is 4.98 Å². The Morgan fingerprint density at radius 2 is 2.22 bits per heavy atom. The summed E-state index contributed by atoms with van der Waals surface area (Å²) < 4.78 is 9.45. The lowest BCUT2D eigenvalue weighted by Gasteiger charge is -2.25. The number of nitrogens with zero attached hydrogens (tertiary/aromatic N) is 3. The lowest BCUT2D eigenvalue weighted by molar-refractivity contribution is -0.119. The summed E-state index contributed by atoms with van der Waals surface area (Å²) in [5.74, 6) is 1.15. The molecule has 27 heavy (non-hydrogen) atoms. The maximum Gasteiger partial charge on any atom is 0.220 e. The van der Waals surface area contributed by atoms with Crippen molar-refractivity contribution in [1.82, 2.24) is 20.1 Å². The monoisotopic (exact) mass is 382 g/mol. The first kappa shape index (κ1) is 16.7. The minimum absolute atomic E-state index is 0.0396. The lowest BCUT2D eigenvalue weighted by Crippen LogP contribution is -2.25. The van der Waals surface area contributed by atoms with E-state index in [0.717, 1.165) is 27.1 Å². The van der Waals surface area contributed by atoms with Gasteiger partial charge in [0.25, 0.3) is 0 Å². The average Bonchev–Trinajstić information content (AvgIpc) is 3.33. The van der Waals surface area contributed by atoms with Gasteiger partial charge in [0.1, 0.15) is 11.9 Å². The van der Waals surface area contributed by atoms with Gasteiger partial charge in [0.2, 0.25) is 5.91 Å². The van der Waals surface area contributed by atoms with Crippen LogP contribution in [0.3, 0.4) is 0 Å². The summed E-state index contributed by atoms with van der Waals surface area (Å²) in [6.45, 7) is 2.72. The third-order valence-electron chi connectivity index (χ3n) is 5.77. The number of carbonyl (C=O) groups is 1. The largest absolute Gasteiger partial charge is 0.489 e. The normalized spacial score (nSPS) is 21.2. The zero-order valence-electron chi connectivity index (χ0n) is 15.2. The van der Waals surface area contributed by atoms with Crippen LogP contribution in [-0.2, 0) is 4.79 Å². The van der Waals surface area contributed by atoms with E-state index in [2.05, 4.69) is 38.4 Å². The van der Waals surface area contributed by atoms with Crippen molar-refractivity contribution in [3.8, 4) is 16.9 Å². The number of ether oxygens (including phenoxy) is 1. The van der Waals surface area contributed by atoms with Crippen LogP contribution in [0.5, 0.6) is 5.75 Å². The Kier molecular flexibility index (Phi) is 4.11. The summed E-state index contributed by atoms with van der Waals surface area (Å²) in [5, 5.41) is 7.45. The van der Waals surface area contributed by atoms with Crippen molar-refractivity contribution in [2.75, 3.05) is 6.54 Å². The number of amides is 1. The summed E-state index contributed by atoms with van der Waals surface area (Å²) in [7, 11) is 0. The zero-order valence-corrected chi connectivity index (χ0v) is 16.0. The molecule has 1 saturated heterocycles. The summed E-state index contributed by atoms with van der Waals surface area (Å²) in [6.07, 6.45) is 8.27. The molecule has 0 spiro atoms. The highest BCUT2D eigenvalue weighted by atomic mass is 32.1. The van der Waals surface area contributed by atoms with Crippen LogP contribution >= 0.6 is 11.3 Å². The SMILES string of the molecule is C[C@H](Oc1cc(-c2cnn(C3CCC3)c2)cc2ncsc12)[C@@H]1CNC(=O)C1. The molecule has 2 aromatic heterocycles. The first-order valence-electron chi connectivity index (χ1n) is 9.52. The number of aromatic nitrogens is 3. The van der Waals surface area contributed by atoms with E-state index >= 15 is 0 Å². The number of benzene rings is 1. The van der Waals surface area contributed by atoms with E-state index in [1.807, 2.05) is 18.6 Å². The van der Waals surface area contributed by atoms with Gasteiger partial charge in [-0.1, -0.05) is 0 Å². The van der Waals surface area contributed by atoms with Gasteiger partial charge in [0.15, 0.2) is 0 Å². The Balaban J connectivity index is 1.45. The van der Waals surface area contributed by atoms with E-state index in [1.54, 1.807) is 11.3 Å². The molecule has 7 heteroatoms. The highest BCUT2D eigenvalue weighted by Crippen LogP contribution is 2.37. The predicted octanol–water partition coefficient (Wildman–Crippen LogP) is 3.79. The number of rotatable bonds is 5. The van der Waals surface area contributed by atoms with Crippen molar-refractivity contribution in [3.05, 3.63) is 30.0 Å². The second-order valence-electron chi connectivity index (χ2n) is 7.56. The van der Waals surface area contributed by atoms with E-state index in [4.69, 9.17) is 4.74 Å². The molecule has 5 rings (SSSR count). The molecular formula is C20H22N4O2S. The number of hydrogen-bond donors (Lipinski definition) is 1. The fourth-order valence-electron chi connectivity index (χ4n) is 3.79. The Labute approximate surface area is 161 Å². The first-order chi connectivity index (χ1) is 13.2. The number of hydrogen-bond acceptors (Lipinski definition) is 5. The number of carbonyl (C=O) groups excluding carboxylic acids is 1. The van der Waals surface area contributed by atoms with Crippen LogP contribution in [0.2, 0.25) is 0 Å². The minimum Gasteiger partial charge on any atom is -0.489 e. The fourth-order valence-corrected chi connectivity index (χ4v) is 4.51. The van der Waals surface area contributed by atoms with Crippen LogP contribution in [-0.4, -0.2) is 33.3 Å². The van der Waals surface area contributed by atoms with Gasteiger partial charge in [0, 0.05) is 30.6 Å². The Morgan fingerprint density at radius 1 is 1.33 bits per heavy atom. The van der Waals surface area contributed by atoms with E-state index in [-0.39, 0.29) is 17.9 Å². The molecule has 140 valence electrons. The molecule has 3 heterocycles. The molecule has 1 N–H and O–H groups in total. The second-order valence-corrected chi connectivity index (χ2v) is 8.41. The highest BCUT2D eigenvalue weighted by molar-refractivity contribution is 7.17. The number of nitrogens with one attached hydrogen (secondary N) is 1. The fraction of sp³-hybridized carbons (Fsp3) is 0.450. The van der Waals surface area contributed by atoms with Crippen LogP contribution in [0, 0.1) is 5.92 Å². The van der Waals surface area contributed by atoms with Gasteiger partial charge < -0.3 is 10.1 Å². The molecule has 0 radical (unpaired) electrons. The second kappa shape index (κ2) is 6.64. The van der Waals surface area contributed by atoms with E-state index in [1.165, 1.54) is 19.3 Å². The van der Waals surface area contributed by atoms with Crippen molar-refractivity contribution < 1.29 is 9.53 Å². The van der Waals surface area contributed by atoms with Gasteiger partial charge in [-0.2, -0.15) is 5.10 Å². The summed E-state index contributed by atoms with van der Waals surface area (Å²) >= 11 is 1.59. The topological polar surface area (TPSA) is 69.0 Å². The maximum atomic E-state index is 11.5. The molecule has 6 nitrogen and oxygen atoms in total. The van der Waals surface area contributed by atoms with Crippen LogP contribution in [0.1, 0.15) is 38.6 Å². The lowest BCUT2D eigenvalue weighted by atomic mass is 9.93. The zero-order chi connectivity index (χ0) is 18.4. The van der Waals surface area contributed by atoms with Gasteiger partial charge >= 0.3 is 0 Å². The molecule has 1 amide bonds. The van der Waals surface area contributed by atoms with Crippen molar-refractivity contribution in [2.45, 2.75) is 44.8 Å². The molecule has 2 aliphatic rings. The van der Waals surface area contributed by atoms with Gasteiger partial charge in [0.05, 0.1) is 28.0 Å². The van der Waals surface area contributed by atoms with Gasteiger partial charge in [-0.05, 0) is 43.9 Å². The van der Waals surface area contributed by atoms with Crippen LogP contribution < -0.4 is 10.1 Å². The van der Waals surface area contributed by atoms with Crippen molar-refractivity contribution in [1.29, 1.82) is 0 Å². The van der Waals surface area contributed by atoms with Crippen molar-refractivity contribution >= 4 is 27.5 Å². The molecule has 1 saturated carbocycles. The summed E-state index contributed by atoms with van der Waals surface area (Å²) in [5.41, 5.74) is 4.95. The van der Waals surface area contributed by atoms with E-state index in [0.29, 0.717) is 19.0 Å². The number of thiazole rings is 1. The standard InChI is InChI=1S/C20H22N4O2S/c1-12(14-7-19(25)21-8-14)26-18-6-13(5-17-20(18)27-11-22-17)15-9-23-24(10-15)16-3-2-4-16/h5-6,9-12,14,16H,2-4,7-8H2,1H3,(H,21,25)/t12-,14-/m0/s1. The summed E-state index contributed by atoms with van der Waals surface area (Å²) in [6, 6.07) is 4.74. The Hall–Kier alpha value is -2.41. The Bertz CT molecular complexity index is 991. The van der Waals surface area contributed by atoms with Crippen LogP contribution in [0.25, 0.3) is 21.3 Å². The minimum atomic E-state index is -0.0396. The van der Waals surface area contributed by atoms with E-state index < -0.39 is 0 Å². The maximum absolute atomic E-state index is 11.5. The third kappa shape index (κ3) is 3.10. The number of fused-ring (bicyclic) bond motifs is 1. The molecule has 0 unspecified atom stereocenters. The van der Waals surface area contributed by atoms with Gasteiger partial charge in [-0.3, -0.25) is 9.48 Å². The quantitative estimate of drug-likeness (QED) is 0.729. The average molecular weight is 382 g/mol. The Morgan fingerprint density at radius 3 is 2.96 bits per heavy atom. The van der Waals surface area contributed by atoms with Crippen molar-refractivity contribution in [2.24, 2.45) is 5.92 Å². The highest BCUT2D eigenvalue weighted by Gasteiger charge is 2.28. The third-order valence-corrected chi connectivity index (χ3v) is 6.62. The molecule has 0 bridgehead atoms. The molecule has 2 atom stereocenters. The van der Waals surface area contributed by atoms with Crippen LogP contribution in [0.4, 0.5) is 0 Å². The molecular weight excluding hydrogens is 360 g/mol. The van der Waals surface area contributed by atoms with Crippen molar-refractivity contribution in [3.63, 3.8) is 0 Å². The molecule has 2 fully saturated rings. The molecule has 1 aliphatic carbocycles. The molecule has 3 aromatic rings. The first-order valence-corrected chi connectivity index (χ1v) is 10.4.